The second-order valence-electron chi connectivity index (χ2n) is 5.10. The van der Waals surface area contributed by atoms with E-state index in [4.69, 9.17) is 4.74 Å². The lowest BCUT2D eigenvalue weighted by Gasteiger charge is -2.27. The Hall–Kier alpha value is -1.37. The Labute approximate surface area is 136 Å². The van der Waals surface area contributed by atoms with Crippen molar-refractivity contribution < 1.29 is 13.9 Å². The molecule has 1 amide bonds. The monoisotopic (exact) mass is 331 g/mol. The second-order valence-corrected chi connectivity index (χ2v) is 5.10. The third kappa shape index (κ3) is 6.17. The number of piperazine rings is 1. The highest BCUT2D eigenvalue weighted by Gasteiger charge is 2.15. The van der Waals surface area contributed by atoms with Crippen molar-refractivity contribution in [3.05, 3.63) is 30.1 Å². The Bertz CT molecular complexity index is 470. The fourth-order valence-electron chi connectivity index (χ4n) is 2.21. The Morgan fingerprint density at radius 2 is 2.18 bits per heavy atom. The van der Waals surface area contributed by atoms with Crippen LogP contribution in [0.15, 0.2) is 24.3 Å². The van der Waals surface area contributed by atoms with Crippen molar-refractivity contribution in [3.63, 3.8) is 0 Å². The van der Waals surface area contributed by atoms with E-state index in [0.29, 0.717) is 12.3 Å². The quantitative estimate of drug-likeness (QED) is 0.818. The summed E-state index contributed by atoms with van der Waals surface area (Å²) in [6.07, 6.45) is -0.644. The fourth-order valence-corrected chi connectivity index (χ4v) is 2.21. The number of hydrogen-bond acceptors (Lipinski definition) is 4. The van der Waals surface area contributed by atoms with Gasteiger partial charge in [0, 0.05) is 45.3 Å². The summed E-state index contributed by atoms with van der Waals surface area (Å²) < 4.78 is 18.5. The zero-order valence-electron chi connectivity index (χ0n) is 12.7. The Kier molecular flexibility index (Phi) is 8.16. The third-order valence-electron chi connectivity index (χ3n) is 3.42. The average molecular weight is 332 g/mol. The van der Waals surface area contributed by atoms with E-state index in [1.165, 1.54) is 12.1 Å². The maximum absolute atomic E-state index is 13.0. The van der Waals surface area contributed by atoms with Crippen molar-refractivity contribution in [1.82, 2.24) is 15.5 Å². The lowest BCUT2D eigenvalue weighted by Crippen LogP contribution is -2.47. The van der Waals surface area contributed by atoms with Gasteiger partial charge in [-0.25, -0.2) is 4.39 Å². The molecule has 5 nitrogen and oxygen atoms in total. The molecule has 7 heteroatoms. The van der Waals surface area contributed by atoms with Gasteiger partial charge in [-0.2, -0.15) is 0 Å². The molecular weight excluding hydrogens is 309 g/mol. The summed E-state index contributed by atoms with van der Waals surface area (Å²) in [5.74, 6) is -0.201. The number of nitrogens with one attached hydrogen (secondary N) is 2. The molecule has 1 heterocycles. The van der Waals surface area contributed by atoms with Crippen LogP contribution >= 0.6 is 12.4 Å². The summed E-state index contributed by atoms with van der Waals surface area (Å²) in [5, 5.41) is 6.13. The highest BCUT2D eigenvalue weighted by atomic mass is 35.5. The molecule has 2 rings (SSSR count). The van der Waals surface area contributed by atoms with Gasteiger partial charge in [-0.1, -0.05) is 6.07 Å². The van der Waals surface area contributed by atoms with Crippen LogP contribution in [-0.4, -0.2) is 56.2 Å². The first kappa shape index (κ1) is 18.7. The zero-order valence-corrected chi connectivity index (χ0v) is 13.5. The van der Waals surface area contributed by atoms with Crippen LogP contribution in [-0.2, 0) is 4.79 Å². The van der Waals surface area contributed by atoms with Crippen molar-refractivity contribution in [1.29, 1.82) is 0 Å². The van der Waals surface area contributed by atoms with Crippen LogP contribution in [0, 0.1) is 5.82 Å². The van der Waals surface area contributed by atoms with Crippen molar-refractivity contribution in [2.45, 2.75) is 13.0 Å². The third-order valence-corrected chi connectivity index (χ3v) is 3.42. The molecule has 0 spiro atoms. The van der Waals surface area contributed by atoms with Gasteiger partial charge in [0.25, 0.3) is 5.91 Å². The van der Waals surface area contributed by atoms with Gasteiger partial charge in [0.05, 0.1) is 0 Å². The maximum Gasteiger partial charge on any atom is 0.260 e. The SMILES string of the molecule is CC(Oc1cccc(F)c1)C(=O)NCCN1CCNCC1.Cl. The lowest BCUT2D eigenvalue weighted by atomic mass is 10.3. The van der Waals surface area contributed by atoms with E-state index in [1.807, 2.05) is 0 Å². The molecule has 0 saturated carbocycles. The van der Waals surface area contributed by atoms with Crippen molar-refractivity contribution >= 4 is 18.3 Å². The van der Waals surface area contributed by atoms with Crippen LogP contribution in [0.3, 0.4) is 0 Å². The molecule has 124 valence electrons. The molecule has 0 radical (unpaired) electrons. The minimum absolute atomic E-state index is 0. The first-order chi connectivity index (χ1) is 10.1. The summed E-state index contributed by atoms with van der Waals surface area (Å²) in [4.78, 5) is 14.2. The summed E-state index contributed by atoms with van der Waals surface area (Å²) in [6, 6.07) is 5.79. The van der Waals surface area contributed by atoms with Crippen LogP contribution in [0.1, 0.15) is 6.92 Å². The van der Waals surface area contributed by atoms with E-state index in [-0.39, 0.29) is 24.1 Å². The van der Waals surface area contributed by atoms with Crippen LogP contribution in [0.2, 0.25) is 0 Å². The Balaban J connectivity index is 0.00000242. The highest BCUT2D eigenvalue weighted by Crippen LogP contribution is 2.13. The van der Waals surface area contributed by atoms with Crippen LogP contribution in [0.5, 0.6) is 5.75 Å². The van der Waals surface area contributed by atoms with Crippen molar-refractivity contribution in [2.75, 3.05) is 39.3 Å². The predicted octanol–water partition coefficient (Wildman–Crippen LogP) is 1.04. The number of amides is 1. The Morgan fingerprint density at radius 1 is 1.45 bits per heavy atom. The summed E-state index contributed by atoms with van der Waals surface area (Å²) in [6.45, 7) is 7.08. The van der Waals surface area contributed by atoms with Gasteiger partial charge >= 0.3 is 0 Å². The molecule has 0 bridgehead atoms. The molecule has 2 N–H and O–H groups in total. The highest BCUT2D eigenvalue weighted by molar-refractivity contribution is 5.85. The Morgan fingerprint density at radius 3 is 2.86 bits per heavy atom. The van der Waals surface area contributed by atoms with E-state index >= 15 is 0 Å². The van der Waals surface area contributed by atoms with Crippen molar-refractivity contribution in [2.24, 2.45) is 0 Å². The van der Waals surface area contributed by atoms with Gasteiger partial charge in [-0.15, -0.1) is 12.4 Å². The van der Waals surface area contributed by atoms with Gasteiger partial charge in [-0.05, 0) is 19.1 Å². The molecule has 1 aromatic rings. The molecule has 1 fully saturated rings. The maximum atomic E-state index is 13.0. The van der Waals surface area contributed by atoms with Gasteiger partial charge in [-0.3, -0.25) is 9.69 Å². The van der Waals surface area contributed by atoms with E-state index in [0.717, 1.165) is 32.7 Å². The summed E-state index contributed by atoms with van der Waals surface area (Å²) >= 11 is 0. The number of ether oxygens (including phenoxy) is 1. The second kappa shape index (κ2) is 9.61. The molecule has 1 saturated heterocycles. The predicted molar refractivity (Wildman–Crippen MR) is 86.1 cm³/mol. The van der Waals surface area contributed by atoms with Crippen LogP contribution in [0.4, 0.5) is 4.39 Å². The van der Waals surface area contributed by atoms with Gasteiger partial charge in [0.2, 0.25) is 0 Å². The molecule has 1 aliphatic rings. The van der Waals surface area contributed by atoms with E-state index in [2.05, 4.69) is 15.5 Å². The topological polar surface area (TPSA) is 53.6 Å². The number of nitrogens with zero attached hydrogens (tertiary/aromatic N) is 1. The molecule has 1 unspecified atom stereocenters. The van der Waals surface area contributed by atoms with Crippen LogP contribution in [0.25, 0.3) is 0 Å². The lowest BCUT2D eigenvalue weighted by molar-refractivity contribution is -0.127. The molecule has 0 aromatic heterocycles. The van der Waals surface area contributed by atoms with E-state index in [9.17, 15) is 9.18 Å². The average Bonchev–Trinajstić information content (AvgIpc) is 2.48. The largest absolute Gasteiger partial charge is 0.481 e. The normalized spacial score (nSPS) is 16.5. The summed E-state index contributed by atoms with van der Waals surface area (Å²) in [5.41, 5.74) is 0. The fraction of sp³-hybridized carbons (Fsp3) is 0.533. The number of carbonyl (C=O) groups excluding carboxylic acids is 1. The van der Waals surface area contributed by atoms with Crippen LogP contribution < -0.4 is 15.4 Å². The number of benzene rings is 1. The molecule has 0 aliphatic carbocycles. The minimum atomic E-state index is -0.644. The van der Waals surface area contributed by atoms with Gasteiger partial charge in [0.15, 0.2) is 6.10 Å². The van der Waals surface area contributed by atoms with Crippen molar-refractivity contribution in [3.8, 4) is 5.75 Å². The van der Waals surface area contributed by atoms with Gasteiger partial charge in [0.1, 0.15) is 11.6 Å². The number of hydrogen-bond donors (Lipinski definition) is 2. The standard InChI is InChI=1S/C15H22FN3O2.ClH/c1-12(21-14-4-2-3-13(16)11-14)15(20)18-7-10-19-8-5-17-6-9-19;/h2-4,11-12,17H,5-10H2,1H3,(H,18,20);1H. The zero-order chi connectivity index (χ0) is 15.1. The first-order valence-corrected chi connectivity index (χ1v) is 7.28. The molecule has 1 atom stereocenters. The van der Waals surface area contributed by atoms with E-state index in [1.54, 1.807) is 19.1 Å². The number of halogens is 2. The molecule has 1 aliphatic heterocycles. The molecule has 1 aromatic carbocycles. The smallest absolute Gasteiger partial charge is 0.260 e. The molecule has 22 heavy (non-hydrogen) atoms. The molecular formula is C15H23ClFN3O2. The first-order valence-electron chi connectivity index (χ1n) is 7.28. The van der Waals surface area contributed by atoms with Gasteiger partial charge < -0.3 is 15.4 Å². The van der Waals surface area contributed by atoms with E-state index < -0.39 is 6.10 Å². The summed E-state index contributed by atoms with van der Waals surface area (Å²) in [7, 11) is 0. The number of rotatable bonds is 6. The number of carbonyl (C=O) groups is 1. The minimum Gasteiger partial charge on any atom is -0.481 e.